The van der Waals surface area contributed by atoms with Crippen molar-refractivity contribution in [1.82, 2.24) is 9.97 Å². The van der Waals surface area contributed by atoms with Crippen molar-refractivity contribution in [2.45, 2.75) is 61.8 Å². The summed E-state index contributed by atoms with van der Waals surface area (Å²) in [7, 11) is 0. The molecule has 0 aliphatic heterocycles. The van der Waals surface area contributed by atoms with Crippen LogP contribution in [0, 0.1) is 0 Å². The second kappa shape index (κ2) is 21.5. The van der Waals surface area contributed by atoms with Crippen molar-refractivity contribution in [2.24, 2.45) is 0 Å². The maximum Gasteiger partial charge on any atom is 0.255 e. The fraction of sp³-hybridized carbons (Fsp3) is 0.346. The molecule has 0 radical (unpaired) electrons. The van der Waals surface area contributed by atoms with Gasteiger partial charge in [0.05, 0.1) is 0 Å². The molecule has 1 heterocycles. The molecule has 0 saturated carbocycles. The lowest BCUT2D eigenvalue weighted by molar-refractivity contribution is 0.102. The second-order valence-electron chi connectivity index (χ2n) is 5.31. The number of hydrogen-bond donors (Lipinski definition) is 2. The molecule has 3 rings (SSSR count). The molecule has 0 aliphatic rings. The Hall–Kier alpha value is -3.21. The Labute approximate surface area is 189 Å². The first-order valence-electron chi connectivity index (χ1n) is 11.2. The van der Waals surface area contributed by atoms with E-state index in [9.17, 15) is 4.79 Å². The number of rotatable bonds is 4. The minimum absolute atomic E-state index is 0.163. The van der Waals surface area contributed by atoms with E-state index >= 15 is 0 Å². The quantitative estimate of drug-likeness (QED) is 0.445. The number of carbonyl (C=O) groups excluding carboxylic acids is 1. The molecule has 170 valence electrons. The summed E-state index contributed by atoms with van der Waals surface area (Å²) in [5, 5.41) is 5.91. The molecular weight excluding hydrogens is 384 g/mol. The SMILES string of the molecule is CC.CC.CC.CCC.O=C(Nc1ccccc1)c1cccc(Nc2ncccn2)c1. The van der Waals surface area contributed by atoms with Crippen molar-refractivity contribution >= 4 is 23.2 Å². The predicted molar refractivity (Wildman–Crippen MR) is 136 cm³/mol. The number of anilines is 3. The average molecular weight is 425 g/mol. The molecule has 31 heavy (non-hydrogen) atoms. The summed E-state index contributed by atoms with van der Waals surface area (Å²) in [6.45, 7) is 16.2. The molecule has 2 N–H and O–H groups in total. The molecule has 1 amide bonds. The van der Waals surface area contributed by atoms with E-state index < -0.39 is 0 Å². The maximum atomic E-state index is 12.2. The van der Waals surface area contributed by atoms with Gasteiger partial charge in [0.25, 0.3) is 5.91 Å². The fourth-order valence-corrected chi connectivity index (χ4v) is 1.96. The highest BCUT2D eigenvalue weighted by molar-refractivity contribution is 6.04. The first kappa shape index (κ1) is 30.0. The lowest BCUT2D eigenvalue weighted by Crippen LogP contribution is -2.12. The first-order chi connectivity index (χ1) is 15.2. The van der Waals surface area contributed by atoms with E-state index in [-0.39, 0.29) is 5.91 Å². The number of benzene rings is 2. The van der Waals surface area contributed by atoms with Crippen LogP contribution in [0.5, 0.6) is 0 Å². The Kier molecular flexibility index (Phi) is 20.8. The van der Waals surface area contributed by atoms with Gasteiger partial charge in [-0.25, -0.2) is 9.97 Å². The molecule has 5 heteroatoms. The van der Waals surface area contributed by atoms with E-state index in [2.05, 4.69) is 34.4 Å². The fourth-order valence-electron chi connectivity index (χ4n) is 1.96. The van der Waals surface area contributed by atoms with Gasteiger partial charge in [0.2, 0.25) is 5.95 Å². The number of nitrogens with zero attached hydrogens (tertiary/aromatic N) is 2. The van der Waals surface area contributed by atoms with Gasteiger partial charge < -0.3 is 10.6 Å². The Morgan fingerprint density at radius 2 is 1.26 bits per heavy atom. The second-order valence-corrected chi connectivity index (χ2v) is 5.31. The third-order valence-electron chi connectivity index (χ3n) is 2.98. The van der Waals surface area contributed by atoms with Crippen LogP contribution in [0.15, 0.2) is 73.1 Å². The zero-order valence-corrected chi connectivity index (χ0v) is 20.4. The molecule has 5 nitrogen and oxygen atoms in total. The standard InChI is InChI=1S/C17H14N4O.C3H8.3C2H6/c22-16(20-14-7-2-1-3-8-14)13-6-4-9-15(12-13)21-17-18-10-5-11-19-17;1-3-2;3*1-2/h1-12H,(H,20,22)(H,18,19,21);3H2,1-2H3;3*1-2H3. The van der Waals surface area contributed by atoms with E-state index in [0.29, 0.717) is 11.5 Å². The van der Waals surface area contributed by atoms with Crippen molar-refractivity contribution in [1.29, 1.82) is 0 Å². The average Bonchev–Trinajstić information content (AvgIpc) is 2.85. The zero-order chi connectivity index (χ0) is 23.9. The van der Waals surface area contributed by atoms with Crippen LogP contribution in [0.2, 0.25) is 0 Å². The minimum Gasteiger partial charge on any atom is -0.324 e. The van der Waals surface area contributed by atoms with Crippen LogP contribution in [0.25, 0.3) is 0 Å². The summed E-state index contributed by atoms with van der Waals surface area (Å²) in [5.41, 5.74) is 2.08. The van der Waals surface area contributed by atoms with Gasteiger partial charge in [0.1, 0.15) is 0 Å². The number of carbonyl (C=O) groups is 1. The van der Waals surface area contributed by atoms with E-state index in [1.54, 1.807) is 30.6 Å². The summed E-state index contributed by atoms with van der Waals surface area (Å²) in [5.74, 6) is 0.326. The Morgan fingerprint density at radius 1 is 0.742 bits per heavy atom. The van der Waals surface area contributed by atoms with Crippen LogP contribution in [0.1, 0.15) is 72.2 Å². The monoisotopic (exact) mass is 424 g/mol. The van der Waals surface area contributed by atoms with E-state index in [1.807, 2.05) is 84.0 Å². The van der Waals surface area contributed by atoms with Crippen molar-refractivity contribution in [3.05, 3.63) is 78.6 Å². The summed E-state index contributed by atoms with van der Waals surface area (Å²) in [4.78, 5) is 20.4. The lowest BCUT2D eigenvalue weighted by Gasteiger charge is -2.08. The van der Waals surface area contributed by atoms with Crippen molar-refractivity contribution in [2.75, 3.05) is 10.6 Å². The Morgan fingerprint density at radius 3 is 1.81 bits per heavy atom. The van der Waals surface area contributed by atoms with Gasteiger partial charge in [-0.3, -0.25) is 4.79 Å². The molecule has 0 unspecified atom stereocenters. The summed E-state index contributed by atoms with van der Waals surface area (Å²) in [6, 6.07) is 18.3. The van der Waals surface area contributed by atoms with Gasteiger partial charge in [-0.1, -0.05) is 86.1 Å². The predicted octanol–water partition coefficient (Wildman–Crippen LogP) is 7.97. The zero-order valence-electron chi connectivity index (χ0n) is 20.4. The molecule has 1 aromatic heterocycles. The molecule has 2 aromatic carbocycles. The Balaban J connectivity index is 0. The van der Waals surface area contributed by atoms with Crippen LogP contribution in [0.3, 0.4) is 0 Å². The third kappa shape index (κ3) is 13.6. The van der Waals surface area contributed by atoms with Crippen LogP contribution >= 0.6 is 0 Å². The highest BCUT2D eigenvalue weighted by Gasteiger charge is 2.07. The largest absolute Gasteiger partial charge is 0.324 e. The number of nitrogens with one attached hydrogen (secondary N) is 2. The van der Waals surface area contributed by atoms with Gasteiger partial charge in [-0.05, 0) is 36.4 Å². The minimum atomic E-state index is -0.163. The van der Waals surface area contributed by atoms with E-state index in [1.165, 1.54) is 6.42 Å². The summed E-state index contributed by atoms with van der Waals surface area (Å²) < 4.78 is 0. The van der Waals surface area contributed by atoms with Crippen molar-refractivity contribution in [3.8, 4) is 0 Å². The molecule has 0 aliphatic carbocycles. The highest BCUT2D eigenvalue weighted by atomic mass is 16.1. The maximum absolute atomic E-state index is 12.2. The Bertz CT molecular complexity index is 778. The molecule has 0 fully saturated rings. The lowest BCUT2D eigenvalue weighted by atomic mass is 10.2. The molecule has 0 atom stereocenters. The van der Waals surface area contributed by atoms with Gasteiger partial charge in [0.15, 0.2) is 0 Å². The number of aromatic nitrogens is 2. The van der Waals surface area contributed by atoms with Gasteiger partial charge >= 0.3 is 0 Å². The van der Waals surface area contributed by atoms with Crippen molar-refractivity contribution in [3.63, 3.8) is 0 Å². The molecular formula is C26H40N4O. The van der Waals surface area contributed by atoms with Gasteiger partial charge in [0, 0.05) is 29.3 Å². The number of amides is 1. The topological polar surface area (TPSA) is 66.9 Å². The normalized spacial score (nSPS) is 8.26. The van der Waals surface area contributed by atoms with Gasteiger partial charge in [-0.15, -0.1) is 0 Å². The third-order valence-corrected chi connectivity index (χ3v) is 2.98. The van der Waals surface area contributed by atoms with Crippen LogP contribution in [-0.4, -0.2) is 15.9 Å². The highest BCUT2D eigenvalue weighted by Crippen LogP contribution is 2.16. The molecule has 0 spiro atoms. The summed E-state index contributed by atoms with van der Waals surface area (Å²) in [6.07, 6.45) is 4.56. The van der Waals surface area contributed by atoms with Crippen LogP contribution in [-0.2, 0) is 0 Å². The number of para-hydroxylation sites is 1. The molecule has 0 bridgehead atoms. The van der Waals surface area contributed by atoms with Crippen molar-refractivity contribution < 1.29 is 4.79 Å². The van der Waals surface area contributed by atoms with Crippen LogP contribution < -0.4 is 10.6 Å². The van der Waals surface area contributed by atoms with E-state index in [4.69, 9.17) is 0 Å². The van der Waals surface area contributed by atoms with Crippen LogP contribution in [0.4, 0.5) is 17.3 Å². The number of hydrogen-bond acceptors (Lipinski definition) is 4. The molecule has 3 aromatic rings. The molecule has 0 saturated heterocycles. The van der Waals surface area contributed by atoms with Gasteiger partial charge in [-0.2, -0.15) is 0 Å². The van der Waals surface area contributed by atoms with E-state index in [0.717, 1.165) is 11.4 Å². The first-order valence-corrected chi connectivity index (χ1v) is 11.2. The smallest absolute Gasteiger partial charge is 0.255 e. The summed E-state index contributed by atoms with van der Waals surface area (Å²) >= 11 is 0.